The number of hydrogen-bond acceptors (Lipinski definition) is 2. The van der Waals surface area contributed by atoms with Crippen LogP contribution in [0, 0.1) is 0 Å². The van der Waals surface area contributed by atoms with Crippen LogP contribution >= 0.6 is 0 Å². The minimum atomic E-state index is -0.136. The van der Waals surface area contributed by atoms with Crippen molar-refractivity contribution in [2.75, 3.05) is 4.90 Å². The fraction of sp³-hybridized carbons (Fsp3) is 0. The third-order valence-electron chi connectivity index (χ3n) is 11.2. The molecule has 11 rings (SSSR count). The lowest BCUT2D eigenvalue weighted by Gasteiger charge is -2.28. The molecule has 2 nitrogen and oxygen atoms in total. The fourth-order valence-electron chi connectivity index (χ4n) is 8.25. The number of nitrogens with zero attached hydrogens (tertiary/aromatic N) is 1. The van der Waals surface area contributed by atoms with Crippen LogP contribution in [0.4, 0.5) is 17.1 Å². The first-order valence-corrected chi connectivity index (χ1v) is 19.5. The van der Waals surface area contributed by atoms with Crippen molar-refractivity contribution < 1.29 is 9.90 Å². The second-order valence-corrected chi connectivity index (χ2v) is 14.6. The molecule has 58 heavy (non-hydrogen) atoms. The van der Waals surface area contributed by atoms with Gasteiger partial charge >= 0.3 is 0 Å². The van der Waals surface area contributed by atoms with E-state index in [0.29, 0.717) is 16.9 Å². The Kier molecular flexibility index (Phi) is 7.20. The number of fused-ring (bicyclic) bond motifs is 6. The van der Waals surface area contributed by atoms with Crippen molar-refractivity contribution in [1.82, 2.24) is 0 Å². The minimum Gasteiger partial charge on any atom is -0.455 e. The van der Waals surface area contributed by atoms with E-state index in [-0.39, 0.29) is 35.4 Å². The van der Waals surface area contributed by atoms with E-state index in [4.69, 9.17) is 4.42 Å². The van der Waals surface area contributed by atoms with Crippen LogP contribution in [0.5, 0.6) is 0 Å². The molecular weight excluding hydrogens is 703 g/mol. The van der Waals surface area contributed by atoms with Crippen LogP contribution in [0.2, 0.25) is 0 Å². The van der Waals surface area contributed by atoms with Crippen LogP contribution in [0.15, 0.2) is 229 Å². The van der Waals surface area contributed by atoms with E-state index in [9.17, 15) is 5.48 Å². The van der Waals surface area contributed by atoms with Gasteiger partial charge in [0, 0.05) is 33.1 Å². The number of para-hydroxylation sites is 2. The molecule has 1 aromatic heterocycles. The van der Waals surface area contributed by atoms with Crippen molar-refractivity contribution >= 4 is 60.5 Å². The van der Waals surface area contributed by atoms with Gasteiger partial charge in [0.2, 0.25) is 0 Å². The van der Waals surface area contributed by atoms with E-state index in [0.717, 1.165) is 71.5 Å². The van der Waals surface area contributed by atoms with Gasteiger partial charge < -0.3 is 9.32 Å². The molecule has 0 fully saturated rings. The number of hydrogen-bond donors (Lipinski definition) is 0. The Labute approximate surface area is 343 Å². The van der Waals surface area contributed by atoms with Gasteiger partial charge in [0.15, 0.2) is 0 Å². The van der Waals surface area contributed by atoms with Gasteiger partial charge in [-0.3, -0.25) is 0 Å². The van der Waals surface area contributed by atoms with Gasteiger partial charge in [-0.05, 0) is 104 Å². The molecule has 0 radical (unpaired) electrons. The zero-order valence-electron chi connectivity index (χ0n) is 35.4. The fourth-order valence-corrected chi connectivity index (χ4v) is 8.25. The summed E-state index contributed by atoms with van der Waals surface area (Å²) in [5.74, 6) is 0. The van der Waals surface area contributed by atoms with Crippen molar-refractivity contribution in [3.8, 4) is 44.5 Å². The number of benzene rings is 10. The molecule has 10 aromatic carbocycles. The minimum absolute atomic E-state index is 0.110. The van der Waals surface area contributed by atoms with Gasteiger partial charge in [-0.2, -0.15) is 0 Å². The van der Waals surface area contributed by atoms with Crippen LogP contribution in [0.25, 0.3) is 88.0 Å². The SMILES string of the molecule is [2H]c1c([2H])c(N(c2ccc(-c3ccc4ccccc4c3)cc2)c2ccccc2-c2cccc3c2ccc2c4ccccc4oc32)c([2H])c([2H])c1-c1ccc(-c2ccccc2)cc1. The van der Waals surface area contributed by atoms with Crippen LogP contribution in [0.1, 0.15) is 5.48 Å². The summed E-state index contributed by atoms with van der Waals surface area (Å²) < 4.78 is 44.8. The van der Waals surface area contributed by atoms with Crippen LogP contribution < -0.4 is 4.90 Å². The first-order chi connectivity index (χ1) is 30.4. The Hall–Kier alpha value is -7.68. The second kappa shape index (κ2) is 14.1. The van der Waals surface area contributed by atoms with Crippen LogP contribution in [-0.2, 0) is 0 Å². The molecular formula is C56H37NO. The highest BCUT2D eigenvalue weighted by Gasteiger charge is 2.20. The number of anilines is 3. The van der Waals surface area contributed by atoms with Crippen molar-refractivity contribution in [3.05, 3.63) is 224 Å². The van der Waals surface area contributed by atoms with Gasteiger partial charge in [-0.15, -0.1) is 0 Å². The van der Waals surface area contributed by atoms with E-state index >= 15 is 0 Å². The van der Waals surface area contributed by atoms with Crippen LogP contribution in [0.3, 0.4) is 0 Å². The molecule has 0 unspecified atom stereocenters. The highest BCUT2D eigenvalue weighted by atomic mass is 16.3. The Balaban J connectivity index is 1.10. The Morgan fingerprint density at radius 1 is 0.345 bits per heavy atom. The van der Waals surface area contributed by atoms with Gasteiger partial charge in [0.05, 0.1) is 11.2 Å². The molecule has 1 heterocycles. The molecule has 0 N–H and O–H groups in total. The topological polar surface area (TPSA) is 16.4 Å². The molecule has 0 saturated heterocycles. The van der Waals surface area contributed by atoms with E-state index in [1.165, 1.54) is 5.39 Å². The highest BCUT2D eigenvalue weighted by molar-refractivity contribution is 6.18. The largest absolute Gasteiger partial charge is 0.455 e. The molecule has 0 aliphatic rings. The number of furan rings is 1. The average Bonchev–Trinajstić information content (AvgIpc) is 3.72. The molecule has 0 atom stereocenters. The third kappa shape index (κ3) is 5.91. The molecule has 0 amide bonds. The Morgan fingerprint density at radius 2 is 0.914 bits per heavy atom. The smallest absolute Gasteiger partial charge is 0.143 e. The lowest BCUT2D eigenvalue weighted by molar-refractivity contribution is 0.672. The Bertz CT molecular complexity index is 3480. The molecule has 0 bridgehead atoms. The number of rotatable bonds is 7. The van der Waals surface area contributed by atoms with Gasteiger partial charge in [0.25, 0.3) is 0 Å². The zero-order chi connectivity index (χ0) is 41.9. The maximum absolute atomic E-state index is 9.69. The van der Waals surface area contributed by atoms with Crippen molar-refractivity contribution in [2.45, 2.75) is 0 Å². The predicted molar refractivity (Wildman–Crippen MR) is 245 cm³/mol. The van der Waals surface area contributed by atoms with Crippen molar-refractivity contribution in [2.24, 2.45) is 0 Å². The standard InChI is InChI=1S/C56H37NO/c1-2-11-38(12-3-1)40-21-23-41(24-22-40)42-27-31-46(32-28-42)57(47-33-29-43(30-34-47)45-26-25-39-13-4-5-14-44(39)37-45)54-19-8-6-15-50(54)48-17-10-18-52-49(48)35-36-53-51-16-7-9-20-55(51)58-56(52)53/h1-37H/i27D,28D,31D,32D. The quantitative estimate of drug-likeness (QED) is 0.162. The summed E-state index contributed by atoms with van der Waals surface area (Å²) in [5, 5.41) is 6.40. The summed E-state index contributed by atoms with van der Waals surface area (Å²) in [7, 11) is 0. The normalized spacial score (nSPS) is 12.4. The molecule has 0 spiro atoms. The summed E-state index contributed by atoms with van der Waals surface area (Å²) in [4.78, 5) is 1.89. The molecule has 0 aliphatic heterocycles. The van der Waals surface area contributed by atoms with Gasteiger partial charge in [0.1, 0.15) is 11.2 Å². The maximum Gasteiger partial charge on any atom is 0.143 e. The lowest BCUT2D eigenvalue weighted by Crippen LogP contribution is -2.11. The van der Waals surface area contributed by atoms with E-state index in [2.05, 4.69) is 78.9 Å². The second-order valence-electron chi connectivity index (χ2n) is 14.6. The average molecular weight is 744 g/mol. The molecule has 0 saturated carbocycles. The van der Waals surface area contributed by atoms with Crippen molar-refractivity contribution in [1.29, 1.82) is 0 Å². The van der Waals surface area contributed by atoms with E-state index in [1.807, 2.05) is 126 Å². The van der Waals surface area contributed by atoms with Crippen LogP contribution in [-0.4, -0.2) is 0 Å². The summed E-state index contributed by atoms with van der Waals surface area (Å²) in [6, 6.07) is 66.7. The summed E-state index contributed by atoms with van der Waals surface area (Å²) in [5.41, 5.74) is 10.1. The van der Waals surface area contributed by atoms with Gasteiger partial charge in [-0.25, -0.2) is 0 Å². The molecule has 2 heteroatoms. The highest BCUT2D eigenvalue weighted by Crippen LogP contribution is 2.45. The van der Waals surface area contributed by atoms with E-state index in [1.54, 1.807) is 0 Å². The van der Waals surface area contributed by atoms with Gasteiger partial charge in [-0.1, -0.05) is 176 Å². The molecule has 0 aliphatic carbocycles. The monoisotopic (exact) mass is 743 g/mol. The molecule has 272 valence electrons. The first-order valence-electron chi connectivity index (χ1n) is 21.5. The maximum atomic E-state index is 9.69. The summed E-state index contributed by atoms with van der Waals surface area (Å²) in [6.45, 7) is 0. The molecule has 11 aromatic rings. The van der Waals surface area contributed by atoms with E-state index < -0.39 is 0 Å². The Morgan fingerprint density at radius 3 is 1.74 bits per heavy atom. The summed E-state index contributed by atoms with van der Waals surface area (Å²) >= 11 is 0. The first kappa shape index (κ1) is 29.6. The predicted octanol–water partition coefficient (Wildman–Crippen LogP) is 16.0. The lowest BCUT2D eigenvalue weighted by atomic mass is 9.94. The summed E-state index contributed by atoms with van der Waals surface area (Å²) in [6.07, 6.45) is 0. The third-order valence-corrected chi connectivity index (χ3v) is 11.2. The zero-order valence-corrected chi connectivity index (χ0v) is 31.4. The van der Waals surface area contributed by atoms with Crippen molar-refractivity contribution in [3.63, 3.8) is 0 Å².